The predicted octanol–water partition coefficient (Wildman–Crippen LogP) is 1.20. The Labute approximate surface area is 81.5 Å². The molecule has 1 saturated heterocycles. The third-order valence-corrected chi connectivity index (χ3v) is 2.34. The van der Waals surface area contributed by atoms with Crippen LogP contribution in [0.25, 0.3) is 0 Å². The van der Waals surface area contributed by atoms with Crippen molar-refractivity contribution in [1.82, 2.24) is 9.97 Å². The topological polar surface area (TPSA) is 47.0 Å². The third kappa shape index (κ3) is 1.98. The number of ether oxygens (including phenoxy) is 1. The Balaban J connectivity index is 2.03. The van der Waals surface area contributed by atoms with Crippen LogP contribution in [0.2, 0.25) is 0 Å². The number of halogens is 1. The van der Waals surface area contributed by atoms with Crippen molar-refractivity contribution in [3.05, 3.63) is 18.3 Å². The van der Waals surface area contributed by atoms with Crippen LogP contribution in [0, 0.1) is 5.95 Å². The molecule has 1 aromatic heterocycles. The molecule has 1 aromatic rings. The van der Waals surface area contributed by atoms with E-state index < -0.39 is 5.95 Å². The van der Waals surface area contributed by atoms with Gasteiger partial charge in [0, 0.05) is 12.7 Å². The lowest BCUT2D eigenvalue weighted by Crippen LogP contribution is -2.27. The minimum absolute atomic E-state index is 0.146. The summed E-state index contributed by atoms with van der Waals surface area (Å²) in [6.07, 6.45) is 2.28. The molecule has 2 rings (SSSR count). The van der Waals surface area contributed by atoms with Crippen molar-refractivity contribution in [1.29, 1.82) is 0 Å². The Bertz CT molecular complexity index is 321. The number of hydrogen-bond donors (Lipinski definition) is 1. The number of hydrogen-bond acceptors (Lipinski definition) is 4. The second kappa shape index (κ2) is 3.88. The van der Waals surface area contributed by atoms with E-state index >= 15 is 0 Å². The molecule has 2 atom stereocenters. The molecule has 0 aliphatic carbocycles. The lowest BCUT2D eigenvalue weighted by atomic mass is 10.1. The highest BCUT2D eigenvalue weighted by molar-refractivity contribution is 5.34. The summed E-state index contributed by atoms with van der Waals surface area (Å²) < 4.78 is 18.1. The molecular formula is C9H12FN3O. The fourth-order valence-corrected chi connectivity index (χ4v) is 1.52. The van der Waals surface area contributed by atoms with Gasteiger partial charge < -0.3 is 10.1 Å². The van der Waals surface area contributed by atoms with Crippen molar-refractivity contribution in [2.75, 3.05) is 11.9 Å². The molecular weight excluding hydrogens is 185 g/mol. The molecule has 0 saturated carbocycles. The van der Waals surface area contributed by atoms with E-state index in [1.165, 1.54) is 12.4 Å². The van der Waals surface area contributed by atoms with Crippen LogP contribution in [0.1, 0.15) is 13.3 Å². The molecule has 1 fully saturated rings. The lowest BCUT2D eigenvalue weighted by molar-refractivity contribution is 0.121. The molecule has 0 aromatic carbocycles. The van der Waals surface area contributed by atoms with Gasteiger partial charge in [0.25, 0.3) is 0 Å². The van der Waals surface area contributed by atoms with Crippen molar-refractivity contribution in [3.63, 3.8) is 0 Å². The summed E-state index contributed by atoms with van der Waals surface area (Å²) in [4.78, 5) is 7.30. The highest BCUT2D eigenvalue weighted by Gasteiger charge is 2.24. The summed E-state index contributed by atoms with van der Waals surface area (Å²) in [5.41, 5.74) is 0. The first-order valence-electron chi connectivity index (χ1n) is 4.61. The summed E-state index contributed by atoms with van der Waals surface area (Å²) in [6.45, 7) is 2.73. The fraction of sp³-hybridized carbons (Fsp3) is 0.556. The minimum Gasteiger partial charge on any atom is -0.376 e. The van der Waals surface area contributed by atoms with Gasteiger partial charge in [-0.25, -0.2) is 9.97 Å². The van der Waals surface area contributed by atoms with Crippen molar-refractivity contribution in [2.45, 2.75) is 25.5 Å². The van der Waals surface area contributed by atoms with Crippen molar-refractivity contribution in [2.24, 2.45) is 0 Å². The minimum atomic E-state index is -0.519. The van der Waals surface area contributed by atoms with Crippen LogP contribution >= 0.6 is 0 Å². The van der Waals surface area contributed by atoms with Crippen LogP contribution in [0.3, 0.4) is 0 Å². The predicted molar refractivity (Wildman–Crippen MR) is 49.4 cm³/mol. The molecule has 1 N–H and O–H groups in total. The highest BCUT2D eigenvalue weighted by atomic mass is 19.1. The largest absolute Gasteiger partial charge is 0.376 e. The van der Waals surface area contributed by atoms with E-state index in [9.17, 15) is 4.39 Å². The first-order valence-corrected chi connectivity index (χ1v) is 4.61. The Kier molecular flexibility index (Phi) is 2.58. The Morgan fingerprint density at radius 1 is 1.57 bits per heavy atom. The average molecular weight is 197 g/mol. The SMILES string of the molecule is CC1OCCC1Nc1cc(F)ncn1. The summed E-state index contributed by atoms with van der Waals surface area (Å²) in [5.74, 6) is -0.00563. The molecule has 1 aliphatic rings. The maximum atomic E-state index is 12.7. The van der Waals surface area contributed by atoms with Gasteiger partial charge in [-0.15, -0.1) is 0 Å². The van der Waals surface area contributed by atoms with Gasteiger partial charge in [-0.3, -0.25) is 0 Å². The quantitative estimate of drug-likeness (QED) is 0.724. The summed E-state index contributed by atoms with van der Waals surface area (Å²) in [7, 11) is 0. The van der Waals surface area contributed by atoms with Gasteiger partial charge in [0.15, 0.2) is 0 Å². The van der Waals surface area contributed by atoms with E-state index in [2.05, 4.69) is 15.3 Å². The molecule has 0 spiro atoms. The molecule has 1 aliphatic heterocycles. The second-order valence-electron chi connectivity index (χ2n) is 3.34. The Morgan fingerprint density at radius 2 is 2.43 bits per heavy atom. The molecule has 2 unspecified atom stereocenters. The van der Waals surface area contributed by atoms with Crippen LogP contribution in [-0.4, -0.2) is 28.7 Å². The first-order chi connectivity index (χ1) is 6.75. The number of nitrogens with one attached hydrogen (secondary N) is 1. The summed E-state index contributed by atoms with van der Waals surface area (Å²) >= 11 is 0. The normalized spacial score (nSPS) is 26.4. The van der Waals surface area contributed by atoms with Crippen LogP contribution in [0.15, 0.2) is 12.4 Å². The van der Waals surface area contributed by atoms with Crippen molar-refractivity contribution >= 4 is 5.82 Å². The zero-order valence-electron chi connectivity index (χ0n) is 7.90. The van der Waals surface area contributed by atoms with E-state index in [-0.39, 0.29) is 12.1 Å². The van der Waals surface area contributed by atoms with Gasteiger partial charge in [-0.2, -0.15) is 4.39 Å². The smallest absolute Gasteiger partial charge is 0.217 e. The number of anilines is 1. The monoisotopic (exact) mass is 197 g/mol. The van der Waals surface area contributed by atoms with E-state index in [0.29, 0.717) is 5.82 Å². The standard InChI is InChI=1S/C9H12FN3O/c1-6-7(2-3-14-6)13-9-4-8(10)11-5-12-9/h4-7H,2-3H2,1H3,(H,11,12,13). The van der Waals surface area contributed by atoms with Crippen LogP contribution in [-0.2, 0) is 4.74 Å². The fourth-order valence-electron chi connectivity index (χ4n) is 1.52. The van der Waals surface area contributed by atoms with Gasteiger partial charge in [-0.05, 0) is 13.3 Å². The zero-order chi connectivity index (χ0) is 9.97. The van der Waals surface area contributed by atoms with Crippen LogP contribution < -0.4 is 5.32 Å². The van der Waals surface area contributed by atoms with Gasteiger partial charge in [0.1, 0.15) is 12.1 Å². The maximum absolute atomic E-state index is 12.7. The lowest BCUT2D eigenvalue weighted by Gasteiger charge is -2.15. The second-order valence-corrected chi connectivity index (χ2v) is 3.34. The third-order valence-electron chi connectivity index (χ3n) is 2.34. The van der Waals surface area contributed by atoms with Crippen LogP contribution in [0.4, 0.5) is 10.2 Å². The number of nitrogens with zero attached hydrogens (tertiary/aromatic N) is 2. The van der Waals surface area contributed by atoms with Gasteiger partial charge in [-0.1, -0.05) is 0 Å². The Morgan fingerprint density at radius 3 is 3.07 bits per heavy atom. The Hall–Kier alpha value is -1.23. The number of rotatable bonds is 2. The molecule has 0 bridgehead atoms. The summed E-state index contributed by atoms with van der Waals surface area (Å²) in [6, 6.07) is 1.50. The van der Waals surface area contributed by atoms with Crippen molar-refractivity contribution in [3.8, 4) is 0 Å². The highest BCUT2D eigenvalue weighted by Crippen LogP contribution is 2.17. The van der Waals surface area contributed by atoms with E-state index in [4.69, 9.17) is 4.74 Å². The molecule has 0 radical (unpaired) electrons. The van der Waals surface area contributed by atoms with Crippen LogP contribution in [0.5, 0.6) is 0 Å². The first kappa shape index (κ1) is 9.33. The van der Waals surface area contributed by atoms with E-state index in [0.717, 1.165) is 13.0 Å². The molecule has 76 valence electrons. The molecule has 4 nitrogen and oxygen atoms in total. The maximum Gasteiger partial charge on any atom is 0.217 e. The average Bonchev–Trinajstić information content (AvgIpc) is 2.52. The molecule has 0 amide bonds. The molecule has 14 heavy (non-hydrogen) atoms. The zero-order valence-corrected chi connectivity index (χ0v) is 7.90. The van der Waals surface area contributed by atoms with E-state index in [1.54, 1.807) is 0 Å². The van der Waals surface area contributed by atoms with Crippen molar-refractivity contribution < 1.29 is 9.13 Å². The van der Waals surface area contributed by atoms with Gasteiger partial charge >= 0.3 is 0 Å². The number of aromatic nitrogens is 2. The van der Waals surface area contributed by atoms with Gasteiger partial charge in [0.2, 0.25) is 5.95 Å². The van der Waals surface area contributed by atoms with E-state index in [1.807, 2.05) is 6.92 Å². The molecule has 2 heterocycles. The summed E-state index contributed by atoms with van der Waals surface area (Å²) in [5, 5.41) is 3.12. The van der Waals surface area contributed by atoms with Gasteiger partial charge in [0.05, 0.1) is 12.1 Å². The molecule has 5 heteroatoms.